The zero-order chi connectivity index (χ0) is 7.66. The summed E-state index contributed by atoms with van der Waals surface area (Å²) in [6.45, 7) is 4.50. The van der Waals surface area contributed by atoms with Crippen LogP contribution in [0.15, 0.2) is 24.3 Å². The first-order valence-corrected chi connectivity index (χ1v) is 3.52. The van der Waals surface area contributed by atoms with Crippen molar-refractivity contribution in [1.29, 1.82) is 0 Å². The summed E-state index contributed by atoms with van der Waals surface area (Å²) in [6.07, 6.45) is 14.0. The fourth-order valence-corrected chi connectivity index (χ4v) is 0.874. The molecule has 1 rings (SSSR count). The molecule has 0 aromatic carbocycles. The number of rotatable bonds is 0. The second-order valence-corrected chi connectivity index (χ2v) is 2.14. The van der Waals surface area contributed by atoms with Gasteiger partial charge in [-0.3, -0.25) is 4.79 Å². The van der Waals surface area contributed by atoms with E-state index in [-0.39, 0.29) is 41.6 Å². The van der Waals surface area contributed by atoms with Crippen molar-refractivity contribution < 1.29 is 46.4 Å². The molecule has 3 radical (unpaired) electrons. The molecule has 0 aromatic heterocycles. The Morgan fingerprint density at radius 2 is 1.15 bits per heavy atom. The minimum atomic E-state index is 0. The summed E-state index contributed by atoms with van der Waals surface area (Å²) in [6, 6.07) is 0. The minimum absolute atomic E-state index is 0. The van der Waals surface area contributed by atoms with E-state index in [1.54, 1.807) is 0 Å². The van der Waals surface area contributed by atoms with Crippen LogP contribution in [0.5, 0.6) is 0 Å². The van der Waals surface area contributed by atoms with Crippen molar-refractivity contribution in [2.75, 3.05) is 0 Å². The van der Waals surface area contributed by atoms with Gasteiger partial charge in [-0.05, 0) is 25.7 Å². The maximum atomic E-state index is 7.50. The van der Waals surface area contributed by atoms with Crippen molar-refractivity contribution in [1.82, 2.24) is 0 Å². The molecule has 1 aliphatic rings. The molecule has 4 heteroatoms. The molecule has 0 aromatic rings. The van der Waals surface area contributed by atoms with Crippen molar-refractivity contribution in [3.05, 3.63) is 24.3 Å². The van der Waals surface area contributed by atoms with Crippen LogP contribution in [0.2, 0.25) is 0 Å². The molecule has 0 saturated carbocycles. The van der Waals surface area contributed by atoms with Gasteiger partial charge in [-0.15, -0.1) is 0 Å². The Labute approximate surface area is 103 Å². The van der Waals surface area contributed by atoms with E-state index in [1.807, 2.05) is 0 Å². The maximum Gasteiger partial charge on any atom is 2.00 e. The first kappa shape index (κ1) is 23.2. The third-order valence-corrected chi connectivity index (χ3v) is 1.37. The molecule has 0 heterocycles. The molecule has 0 aliphatic heterocycles. The van der Waals surface area contributed by atoms with E-state index in [1.165, 1.54) is 25.7 Å². The third kappa shape index (κ3) is 18.9. The van der Waals surface area contributed by atoms with E-state index in [0.29, 0.717) is 0 Å². The molecule has 0 bridgehead atoms. The Hall–Kier alpha value is 0.236. The van der Waals surface area contributed by atoms with Crippen molar-refractivity contribution in [2.24, 2.45) is 0 Å². The topological polar surface area (TPSA) is 17.1 Å². The first-order valence-electron chi connectivity index (χ1n) is 3.52. The first-order chi connectivity index (χ1) is 5.00. The maximum absolute atomic E-state index is 7.50. The van der Waals surface area contributed by atoms with E-state index < -0.39 is 0 Å². The smallest absolute Gasteiger partial charge is 1.00 e. The van der Waals surface area contributed by atoms with E-state index in [4.69, 9.17) is 4.79 Å². The standard InChI is InChI=1S/C8H12.CO.2ClH.Co/c1-2-4-6-8-7-5-3-1;1-2;;;/h1-4H,5-8H2;;2*1H;/q;;;;+2/p-2/b3-1-,4-2-;;;;. The van der Waals surface area contributed by atoms with Crippen LogP contribution in [0.25, 0.3) is 0 Å². The van der Waals surface area contributed by atoms with Crippen LogP contribution >= 0.6 is 0 Å². The zero-order valence-corrected chi connectivity index (χ0v) is 9.69. The Kier molecular flexibility index (Phi) is 40.7. The molecule has 77 valence electrons. The van der Waals surface area contributed by atoms with Crippen LogP contribution in [-0.4, -0.2) is 6.79 Å². The van der Waals surface area contributed by atoms with Crippen molar-refractivity contribution in [2.45, 2.75) is 25.7 Å². The molecule has 0 atom stereocenters. The zero-order valence-electron chi connectivity index (χ0n) is 7.14. The molecule has 0 N–H and O–H groups in total. The minimum Gasteiger partial charge on any atom is -1.00 e. The molecule has 0 fully saturated rings. The third-order valence-electron chi connectivity index (χ3n) is 1.37. The molecule has 13 heavy (non-hydrogen) atoms. The predicted octanol–water partition coefficient (Wildman–Crippen LogP) is -3.72. The van der Waals surface area contributed by atoms with E-state index >= 15 is 0 Å². The average molecular weight is 266 g/mol. The van der Waals surface area contributed by atoms with Gasteiger partial charge in [0.1, 0.15) is 0 Å². The van der Waals surface area contributed by atoms with E-state index in [9.17, 15) is 0 Å². The number of hydrogen-bond donors (Lipinski definition) is 0. The van der Waals surface area contributed by atoms with Crippen LogP contribution in [0, 0.1) is 0 Å². The fourth-order valence-electron chi connectivity index (χ4n) is 0.874. The molecule has 0 amide bonds. The number of allylic oxidation sites excluding steroid dienone is 4. The molecule has 0 spiro atoms. The summed E-state index contributed by atoms with van der Waals surface area (Å²) >= 11 is 0. The van der Waals surface area contributed by atoms with Crippen LogP contribution < -0.4 is 24.8 Å². The summed E-state index contributed by atoms with van der Waals surface area (Å²) in [5.41, 5.74) is 0. The van der Waals surface area contributed by atoms with Crippen LogP contribution in [0.4, 0.5) is 0 Å². The summed E-state index contributed by atoms with van der Waals surface area (Å²) in [5.74, 6) is 0. The van der Waals surface area contributed by atoms with E-state index in [2.05, 4.69) is 31.1 Å². The van der Waals surface area contributed by atoms with Crippen molar-refractivity contribution in [3.8, 4) is 0 Å². The van der Waals surface area contributed by atoms with Gasteiger partial charge >= 0.3 is 16.8 Å². The number of hydrogen-bond acceptors (Lipinski definition) is 1. The van der Waals surface area contributed by atoms with Gasteiger partial charge in [-0.2, -0.15) is 0 Å². The summed E-state index contributed by atoms with van der Waals surface area (Å²) in [5, 5.41) is 0. The molecular weight excluding hydrogens is 254 g/mol. The Bertz CT molecular complexity index is 113. The Morgan fingerprint density at radius 3 is 1.46 bits per heavy atom. The van der Waals surface area contributed by atoms with Gasteiger partial charge in [0.15, 0.2) is 0 Å². The van der Waals surface area contributed by atoms with Gasteiger partial charge in [0, 0.05) is 0 Å². The Morgan fingerprint density at radius 1 is 0.846 bits per heavy atom. The average Bonchev–Trinajstić information content (AvgIpc) is 1.90. The number of halogens is 2. The van der Waals surface area contributed by atoms with Gasteiger partial charge in [0.25, 0.3) is 6.79 Å². The van der Waals surface area contributed by atoms with Gasteiger partial charge in [-0.1, -0.05) is 24.3 Å². The fraction of sp³-hybridized carbons (Fsp3) is 0.444. The second-order valence-electron chi connectivity index (χ2n) is 2.14. The summed E-state index contributed by atoms with van der Waals surface area (Å²) in [7, 11) is 0. The van der Waals surface area contributed by atoms with Gasteiger partial charge in [0.2, 0.25) is 0 Å². The monoisotopic (exact) mass is 265 g/mol. The van der Waals surface area contributed by atoms with Gasteiger partial charge in [0.05, 0.1) is 0 Å². The molecule has 0 unspecified atom stereocenters. The van der Waals surface area contributed by atoms with Crippen LogP contribution in [0.1, 0.15) is 25.7 Å². The predicted molar refractivity (Wildman–Crippen MR) is 42.4 cm³/mol. The van der Waals surface area contributed by atoms with Gasteiger partial charge in [-0.25, -0.2) is 0 Å². The van der Waals surface area contributed by atoms with Crippen molar-refractivity contribution >= 4 is 6.79 Å². The summed E-state index contributed by atoms with van der Waals surface area (Å²) in [4.78, 5) is 7.50. The second kappa shape index (κ2) is 22.8. The van der Waals surface area contributed by atoms with E-state index in [0.717, 1.165) is 0 Å². The van der Waals surface area contributed by atoms with Crippen molar-refractivity contribution in [3.63, 3.8) is 0 Å². The molecule has 1 nitrogen and oxygen atoms in total. The molecule has 1 aliphatic carbocycles. The quantitative estimate of drug-likeness (QED) is 0.441. The largest absolute Gasteiger partial charge is 2.00 e. The van der Waals surface area contributed by atoms with Crippen LogP contribution in [0.3, 0.4) is 0 Å². The number of carbonyl (C=O) groups excluding carboxylic acids is 1. The van der Waals surface area contributed by atoms with Crippen LogP contribution in [-0.2, 0) is 21.6 Å². The van der Waals surface area contributed by atoms with Gasteiger partial charge < -0.3 is 24.8 Å². The molecule has 0 saturated heterocycles. The summed E-state index contributed by atoms with van der Waals surface area (Å²) < 4.78 is 0. The normalized spacial score (nSPS) is 17.5. The SMILES string of the molecule is C1=C\CCCC\C=C/1.[C]=O.[Cl-].[Cl-].[Co+2]. The molecular formula is C9H12Cl2CoO. The Balaban J connectivity index is -0.0000000761.